The van der Waals surface area contributed by atoms with Crippen LogP contribution in [0.5, 0.6) is 0 Å². The van der Waals surface area contributed by atoms with Crippen LogP contribution in [0.2, 0.25) is 5.15 Å². The maximum Gasteiger partial charge on any atom is 0.339 e. The minimum atomic E-state index is -0.351. The molecule has 1 aromatic rings. The summed E-state index contributed by atoms with van der Waals surface area (Å²) >= 11 is 5.63. The number of ether oxygens (including phenoxy) is 2. The Morgan fingerprint density at radius 2 is 2.19 bits per heavy atom. The topological polar surface area (TPSA) is 48.4 Å². The van der Waals surface area contributed by atoms with Crippen molar-refractivity contribution in [1.82, 2.24) is 4.98 Å². The van der Waals surface area contributed by atoms with E-state index < -0.39 is 0 Å². The van der Waals surface area contributed by atoms with E-state index in [1.165, 1.54) is 6.20 Å². The van der Waals surface area contributed by atoms with E-state index in [2.05, 4.69) is 4.98 Å². The minimum Gasteiger partial charge on any atom is -0.459 e. The van der Waals surface area contributed by atoms with Gasteiger partial charge in [-0.3, -0.25) is 0 Å². The lowest BCUT2D eigenvalue weighted by Crippen LogP contribution is -2.26. The predicted molar refractivity (Wildman–Crippen MR) is 58.5 cm³/mol. The van der Waals surface area contributed by atoms with Gasteiger partial charge in [-0.1, -0.05) is 11.6 Å². The molecule has 0 atom stereocenters. The van der Waals surface area contributed by atoms with Gasteiger partial charge >= 0.3 is 5.97 Å². The number of aromatic nitrogens is 1. The zero-order valence-corrected chi connectivity index (χ0v) is 9.44. The molecule has 1 fully saturated rings. The van der Waals surface area contributed by atoms with Gasteiger partial charge < -0.3 is 9.47 Å². The molecule has 0 saturated carbocycles. The van der Waals surface area contributed by atoms with Crippen LogP contribution in [-0.2, 0) is 9.47 Å². The molecule has 1 aromatic heterocycles. The lowest BCUT2D eigenvalue weighted by molar-refractivity contribution is -0.0159. The van der Waals surface area contributed by atoms with Gasteiger partial charge in [0.15, 0.2) is 0 Å². The van der Waals surface area contributed by atoms with Crippen LogP contribution in [0.4, 0.5) is 0 Å². The van der Waals surface area contributed by atoms with Gasteiger partial charge in [0.2, 0.25) is 0 Å². The number of hydrogen-bond donors (Lipinski definition) is 0. The normalized spacial score (nSPS) is 17.1. The molecule has 0 spiro atoms. The van der Waals surface area contributed by atoms with E-state index in [1.54, 1.807) is 12.1 Å². The summed E-state index contributed by atoms with van der Waals surface area (Å²) in [7, 11) is 0. The standard InChI is InChI=1S/C11H12ClNO3/c12-10-2-1-8(7-13-10)11(14)16-9-3-5-15-6-4-9/h1-2,7,9H,3-6H2. The molecule has 4 nitrogen and oxygen atoms in total. The number of esters is 1. The van der Waals surface area contributed by atoms with E-state index in [0.29, 0.717) is 23.9 Å². The molecule has 2 rings (SSSR count). The Morgan fingerprint density at radius 3 is 2.81 bits per heavy atom. The molecule has 0 aromatic carbocycles. The van der Waals surface area contributed by atoms with Gasteiger partial charge in [0.25, 0.3) is 0 Å². The average Bonchev–Trinajstić information content (AvgIpc) is 2.31. The highest BCUT2D eigenvalue weighted by molar-refractivity contribution is 6.29. The molecule has 86 valence electrons. The van der Waals surface area contributed by atoms with Crippen molar-refractivity contribution in [2.75, 3.05) is 13.2 Å². The second kappa shape index (κ2) is 5.27. The molecule has 1 aliphatic rings. The lowest BCUT2D eigenvalue weighted by atomic mass is 10.1. The third kappa shape index (κ3) is 2.93. The molecule has 16 heavy (non-hydrogen) atoms. The number of nitrogens with zero attached hydrogens (tertiary/aromatic N) is 1. The summed E-state index contributed by atoms with van der Waals surface area (Å²) in [5.41, 5.74) is 0.427. The van der Waals surface area contributed by atoms with Crippen molar-refractivity contribution in [3.63, 3.8) is 0 Å². The fraction of sp³-hybridized carbons (Fsp3) is 0.455. The van der Waals surface area contributed by atoms with Crippen LogP contribution >= 0.6 is 11.6 Å². The van der Waals surface area contributed by atoms with Crippen LogP contribution in [0.25, 0.3) is 0 Å². The van der Waals surface area contributed by atoms with E-state index >= 15 is 0 Å². The van der Waals surface area contributed by atoms with Crippen LogP contribution in [0, 0.1) is 0 Å². The van der Waals surface area contributed by atoms with Crippen molar-refractivity contribution in [3.8, 4) is 0 Å². The van der Waals surface area contributed by atoms with Crippen molar-refractivity contribution in [3.05, 3.63) is 29.0 Å². The number of rotatable bonds is 2. The molecule has 0 radical (unpaired) electrons. The van der Waals surface area contributed by atoms with E-state index in [4.69, 9.17) is 21.1 Å². The molecule has 0 bridgehead atoms. The smallest absolute Gasteiger partial charge is 0.339 e. The zero-order valence-electron chi connectivity index (χ0n) is 8.69. The highest BCUT2D eigenvalue weighted by atomic mass is 35.5. The monoisotopic (exact) mass is 241 g/mol. The Kier molecular flexibility index (Phi) is 3.74. The summed E-state index contributed by atoms with van der Waals surface area (Å²) < 4.78 is 10.5. The van der Waals surface area contributed by atoms with Crippen LogP contribution in [0.3, 0.4) is 0 Å². The number of hydrogen-bond acceptors (Lipinski definition) is 4. The molecule has 5 heteroatoms. The van der Waals surface area contributed by atoms with Crippen molar-refractivity contribution in [1.29, 1.82) is 0 Å². The molecule has 0 unspecified atom stereocenters. The van der Waals surface area contributed by atoms with Gasteiger partial charge in [0, 0.05) is 19.0 Å². The van der Waals surface area contributed by atoms with E-state index in [-0.39, 0.29) is 12.1 Å². The summed E-state index contributed by atoms with van der Waals surface area (Å²) in [5.74, 6) is -0.351. The first-order chi connectivity index (χ1) is 7.75. The van der Waals surface area contributed by atoms with Crippen molar-refractivity contribution < 1.29 is 14.3 Å². The molecule has 0 N–H and O–H groups in total. The zero-order chi connectivity index (χ0) is 11.4. The number of halogens is 1. The second-order valence-corrected chi connectivity index (χ2v) is 3.97. The first kappa shape index (κ1) is 11.4. The molecule has 0 aliphatic carbocycles. The quantitative estimate of drug-likeness (QED) is 0.588. The van der Waals surface area contributed by atoms with E-state index in [9.17, 15) is 4.79 Å². The SMILES string of the molecule is O=C(OC1CCOCC1)c1ccc(Cl)nc1. The van der Waals surface area contributed by atoms with Gasteiger partial charge in [-0.25, -0.2) is 9.78 Å². The van der Waals surface area contributed by atoms with Gasteiger partial charge in [0.05, 0.1) is 18.8 Å². The van der Waals surface area contributed by atoms with Crippen molar-refractivity contribution >= 4 is 17.6 Å². The Balaban J connectivity index is 1.94. The summed E-state index contributed by atoms with van der Waals surface area (Å²) in [5, 5.41) is 0.364. The Bertz CT molecular complexity index is 360. The molecular weight excluding hydrogens is 230 g/mol. The molecule has 2 heterocycles. The third-order valence-electron chi connectivity index (χ3n) is 2.41. The number of pyridine rings is 1. The predicted octanol–water partition coefficient (Wildman–Crippen LogP) is 2.07. The summed E-state index contributed by atoms with van der Waals surface area (Å²) in [6.45, 7) is 1.30. The fourth-order valence-corrected chi connectivity index (χ4v) is 1.62. The van der Waals surface area contributed by atoms with Gasteiger partial charge in [-0.05, 0) is 12.1 Å². The first-order valence-electron chi connectivity index (χ1n) is 5.16. The Hall–Kier alpha value is -1.13. The molecule has 1 saturated heterocycles. The fourth-order valence-electron chi connectivity index (χ4n) is 1.51. The Morgan fingerprint density at radius 1 is 1.44 bits per heavy atom. The minimum absolute atomic E-state index is 0.0445. The Labute approximate surface area is 98.5 Å². The van der Waals surface area contributed by atoms with E-state index in [1.807, 2.05) is 0 Å². The third-order valence-corrected chi connectivity index (χ3v) is 2.63. The van der Waals surface area contributed by atoms with Gasteiger partial charge in [-0.15, -0.1) is 0 Å². The second-order valence-electron chi connectivity index (χ2n) is 3.59. The van der Waals surface area contributed by atoms with Gasteiger partial charge in [0.1, 0.15) is 11.3 Å². The average molecular weight is 242 g/mol. The van der Waals surface area contributed by atoms with Crippen LogP contribution in [0.15, 0.2) is 18.3 Å². The largest absolute Gasteiger partial charge is 0.459 e. The lowest BCUT2D eigenvalue weighted by Gasteiger charge is -2.22. The summed E-state index contributed by atoms with van der Waals surface area (Å²) in [6.07, 6.45) is 2.89. The number of carbonyl (C=O) groups is 1. The van der Waals surface area contributed by atoms with Crippen LogP contribution in [-0.4, -0.2) is 30.3 Å². The van der Waals surface area contributed by atoms with Crippen LogP contribution < -0.4 is 0 Å². The summed E-state index contributed by atoms with van der Waals surface area (Å²) in [4.78, 5) is 15.5. The maximum atomic E-state index is 11.7. The molecule has 0 amide bonds. The highest BCUT2D eigenvalue weighted by Gasteiger charge is 2.19. The van der Waals surface area contributed by atoms with Crippen molar-refractivity contribution in [2.45, 2.75) is 18.9 Å². The number of carbonyl (C=O) groups excluding carboxylic acids is 1. The van der Waals surface area contributed by atoms with Crippen LogP contribution in [0.1, 0.15) is 23.2 Å². The van der Waals surface area contributed by atoms with Gasteiger partial charge in [-0.2, -0.15) is 0 Å². The maximum absolute atomic E-state index is 11.7. The molecule has 1 aliphatic heterocycles. The highest BCUT2D eigenvalue weighted by Crippen LogP contribution is 2.14. The molecular formula is C11H12ClNO3. The van der Waals surface area contributed by atoms with E-state index in [0.717, 1.165) is 12.8 Å². The van der Waals surface area contributed by atoms with Crippen molar-refractivity contribution in [2.24, 2.45) is 0 Å². The first-order valence-corrected chi connectivity index (χ1v) is 5.54. The summed E-state index contributed by atoms with van der Waals surface area (Å²) in [6, 6.07) is 3.18.